The van der Waals surface area contributed by atoms with Crippen molar-refractivity contribution in [2.24, 2.45) is 0 Å². The minimum Gasteiger partial charge on any atom is -0.457 e. The van der Waals surface area contributed by atoms with Gasteiger partial charge < -0.3 is 10.5 Å². The van der Waals surface area contributed by atoms with Crippen LogP contribution in [0.1, 0.15) is 0 Å². The lowest BCUT2D eigenvalue weighted by atomic mass is 10.0. The highest BCUT2D eigenvalue weighted by Gasteiger charge is 2.20. The topological polar surface area (TPSA) is 123 Å². The van der Waals surface area contributed by atoms with Crippen LogP contribution in [0.25, 0.3) is 22.0 Å². The number of aromatic nitrogens is 3. The van der Waals surface area contributed by atoms with E-state index in [1.807, 2.05) is 54.6 Å². The number of para-hydroxylation sites is 1. The van der Waals surface area contributed by atoms with E-state index in [0.717, 1.165) is 11.3 Å². The highest BCUT2D eigenvalue weighted by molar-refractivity contribution is 7.92. The van der Waals surface area contributed by atoms with Crippen LogP contribution in [0.15, 0.2) is 96.0 Å². The summed E-state index contributed by atoms with van der Waals surface area (Å²) >= 11 is 0. The Morgan fingerprint density at radius 2 is 1.48 bits per heavy atom. The van der Waals surface area contributed by atoms with Crippen LogP contribution in [0.4, 0.5) is 11.6 Å². The van der Waals surface area contributed by atoms with Gasteiger partial charge in [-0.15, -0.1) is 0 Å². The summed E-state index contributed by atoms with van der Waals surface area (Å²) in [5.74, 6) is 1.78. The van der Waals surface area contributed by atoms with Crippen LogP contribution in [-0.4, -0.2) is 23.6 Å². The van der Waals surface area contributed by atoms with Gasteiger partial charge in [0.15, 0.2) is 11.6 Å². The van der Waals surface area contributed by atoms with E-state index in [1.54, 1.807) is 24.4 Å². The fraction of sp³-hybridized carbons (Fsp3) is 0. The van der Waals surface area contributed by atoms with E-state index >= 15 is 0 Å². The molecule has 0 aliphatic rings. The van der Waals surface area contributed by atoms with Crippen molar-refractivity contribution in [3.8, 4) is 22.6 Å². The number of hydrogen-bond donors (Lipinski definition) is 3. The quantitative estimate of drug-likeness (QED) is 0.337. The highest BCUT2D eigenvalue weighted by Crippen LogP contribution is 2.35. The lowest BCUT2D eigenvalue weighted by molar-refractivity contribution is 0.483. The Labute approximate surface area is 190 Å². The summed E-state index contributed by atoms with van der Waals surface area (Å²) in [5.41, 5.74) is 8.06. The van der Waals surface area contributed by atoms with Gasteiger partial charge in [0.05, 0.1) is 10.3 Å². The predicted molar refractivity (Wildman–Crippen MR) is 128 cm³/mol. The lowest BCUT2D eigenvalue weighted by Gasteiger charge is -2.11. The first-order valence-electron chi connectivity index (χ1n) is 10.0. The zero-order valence-corrected chi connectivity index (χ0v) is 18.1. The molecule has 0 amide bonds. The van der Waals surface area contributed by atoms with Crippen LogP contribution in [-0.2, 0) is 10.0 Å². The summed E-state index contributed by atoms with van der Waals surface area (Å²) < 4.78 is 33.9. The minimum absolute atomic E-state index is 0.117. The van der Waals surface area contributed by atoms with Gasteiger partial charge in [0.1, 0.15) is 17.0 Å². The molecule has 0 bridgehead atoms. The molecule has 5 aromatic rings. The van der Waals surface area contributed by atoms with Crippen molar-refractivity contribution in [3.05, 3.63) is 91.1 Å². The standard InChI is InChI=1S/C24H19N5O3S/c25-23-21-20(16-11-13-18(14-12-16)32-17-7-3-1-4-8-17)15-26-24(22(21)27-28-23)29-33(30,31)19-9-5-2-6-10-19/h1-15H,(H,26,29)(H3,25,27,28). The number of aromatic amines is 1. The number of anilines is 2. The van der Waals surface area contributed by atoms with Crippen molar-refractivity contribution in [1.82, 2.24) is 15.2 Å². The summed E-state index contributed by atoms with van der Waals surface area (Å²) in [6, 6.07) is 25.0. The molecule has 0 spiro atoms. The number of rotatable bonds is 6. The molecule has 0 radical (unpaired) electrons. The number of nitrogens with zero attached hydrogens (tertiary/aromatic N) is 2. The summed E-state index contributed by atoms with van der Waals surface area (Å²) in [4.78, 5) is 4.48. The average Bonchev–Trinajstić information content (AvgIpc) is 3.23. The maximum atomic E-state index is 12.8. The molecular formula is C24H19N5O3S. The molecule has 3 aromatic carbocycles. The van der Waals surface area contributed by atoms with Gasteiger partial charge in [-0.25, -0.2) is 13.4 Å². The molecule has 0 fully saturated rings. The van der Waals surface area contributed by atoms with Crippen LogP contribution >= 0.6 is 0 Å². The third-order valence-electron chi connectivity index (χ3n) is 5.05. The van der Waals surface area contributed by atoms with Gasteiger partial charge in [0.25, 0.3) is 10.0 Å². The van der Waals surface area contributed by atoms with Crippen LogP contribution in [0, 0.1) is 0 Å². The number of nitrogens with two attached hydrogens (primary N) is 1. The molecule has 0 saturated heterocycles. The molecule has 8 nitrogen and oxygen atoms in total. The van der Waals surface area contributed by atoms with E-state index < -0.39 is 10.0 Å². The number of hydrogen-bond acceptors (Lipinski definition) is 6. The van der Waals surface area contributed by atoms with Crippen LogP contribution in [0.2, 0.25) is 0 Å². The van der Waals surface area contributed by atoms with Gasteiger partial charge >= 0.3 is 0 Å². The Morgan fingerprint density at radius 3 is 2.18 bits per heavy atom. The van der Waals surface area contributed by atoms with Gasteiger partial charge in [-0.05, 0) is 42.0 Å². The Morgan fingerprint density at radius 1 is 0.848 bits per heavy atom. The predicted octanol–water partition coefficient (Wildman–Crippen LogP) is 4.80. The molecule has 33 heavy (non-hydrogen) atoms. The molecule has 0 aliphatic heterocycles. The Balaban J connectivity index is 1.49. The van der Waals surface area contributed by atoms with Gasteiger partial charge in [0, 0.05) is 11.8 Å². The molecule has 0 aliphatic carbocycles. The summed E-state index contributed by atoms with van der Waals surface area (Å²) in [7, 11) is -3.83. The molecule has 4 N–H and O–H groups in total. The maximum absolute atomic E-state index is 12.8. The van der Waals surface area contributed by atoms with Crippen LogP contribution in [0.3, 0.4) is 0 Å². The van der Waals surface area contributed by atoms with Gasteiger partial charge in [-0.3, -0.25) is 9.82 Å². The molecule has 9 heteroatoms. The van der Waals surface area contributed by atoms with E-state index in [2.05, 4.69) is 19.9 Å². The molecule has 0 saturated carbocycles. The molecule has 164 valence electrons. The third kappa shape index (κ3) is 4.09. The first-order chi connectivity index (χ1) is 16.0. The second kappa shape index (κ2) is 8.29. The number of nitrogen functional groups attached to an aromatic ring is 1. The van der Waals surface area contributed by atoms with Crippen molar-refractivity contribution in [2.75, 3.05) is 10.5 Å². The Kier molecular flexibility index (Phi) is 5.15. The van der Waals surface area contributed by atoms with Crippen LogP contribution < -0.4 is 15.2 Å². The fourth-order valence-corrected chi connectivity index (χ4v) is 4.51. The van der Waals surface area contributed by atoms with E-state index in [0.29, 0.717) is 22.2 Å². The number of ether oxygens (including phenoxy) is 1. The fourth-order valence-electron chi connectivity index (χ4n) is 3.47. The molecule has 5 rings (SSSR count). The van der Waals surface area contributed by atoms with Crippen molar-refractivity contribution < 1.29 is 13.2 Å². The van der Waals surface area contributed by atoms with Crippen molar-refractivity contribution in [2.45, 2.75) is 4.90 Å². The zero-order valence-electron chi connectivity index (χ0n) is 17.3. The van der Waals surface area contributed by atoms with Crippen LogP contribution in [0.5, 0.6) is 11.5 Å². The molecular weight excluding hydrogens is 438 g/mol. The molecule has 2 aromatic heterocycles. The number of fused-ring (bicyclic) bond motifs is 1. The number of sulfonamides is 1. The third-order valence-corrected chi connectivity index (χ3v) is 6.41. The first-order valence-corrected chi connectivity index (χ1v) is 11.5. The maximum Gasteiger partial charge on any atom is 0.263 e. The van der Waals surface area contributed by atoms with Gasteiger partial charge in [-0.1, -0.05) is 48.5 Å². The number of benzene rings is 3. The number of pyridine rings is 1. The smallest absolute Gasteiger partial charge is 0.263 e. The van der Waals surface area contributed by atoms with Gasteiger partial charge in [0.2, 0.25) is 0 Å². The van der Waals surface area contributed by atoms with Crippen molar-refractivity contribution >= 4 is 32.6 Å². The summed E-state index contributed by atoms with van der Waals surface area (Å²) in [6.45, 7) is 0. The SMILES string of the molecule is Nc1n[nH]c2c(NS(=O)(=O)c3ccccc3)ncc(-c3ccc(Oc4ccccc4)cc3)c12. The highest BCUT2D eigenvalue weighted by atomic mass is 32.2. The Bertz CT molecular complexity index is 1520. The normalized spacial score (nSPS) is 11.4. The average molecular weight is 458 g/mol. The monoisotopic (exact) mass is 457 g/mol. The molecule has 2 heterocycles. The number of H-pyrrole nitrogens is 1. The second-order valence-electron chi connectivity index (χ2n) is 7.24. The van der Waals surface area contributed by atoms with E-state index in [4.69, 9.17) is 10.5 Å². The van der Waals surface area contributed by atoms with E-state index in [-0.39, 0.29) is 16.5 Å². The summed E-state index contributed by atoms with van der Waals surface area (Å²) in [5, 5.41) is 7.44. The molecule has 0 atom stereocenters. The minimum atomic E-state index is -3.83. The Hall–Kier alpha value is -4.37. The van der Waals surface area contributed by atoms with Crippen molar-refractivity contribution in [3.63, 3.8) is 0 Å². The second-order valence-corrected chi connectivity index (χ2v) is 8.92. The zero-order chi connectivity index (χ0) is 22.8. The largest absolute Gasteiger partial charge is 0.457 e. The lowest BCUT2D eigenvalue weighted by Crippen LogP contribution is -2.14. The van der Waals surface area contributed by atoms with E-state index in [1.165, 1.54) is 12.1 Å². The molecule has 0 unspecified atom stereocenters. The number of nitrogens with one attached hydrogen (secondary N) is 2. The summed E-state index contributed by atoms with van der Waals surface area (Å²) in [6.07, 6.45) is 1.57. The van der Waals surface area contributed by atoms with Gasteiger partial charge in [-0.2, -0.15) is 5.10 Å². The first kappa shape index (κ1) is 20.5. The van der Waals surface area contributed by atoms with Crippen molar-refractivity contribution in [1.29, 1.82) is 0 Å². The van der Waals surface area contributed by atoms with E-state index in [9.17, 15) is 8.42 Å².